The quantitative estimate of drug-likeness (QED) is 0.731. The van der Waals surface area contributed by atoms with Crippen molar-refractivity contribution in [1.29, 1.82) is 0 Å². The van der Waals surface area contributed by atoms with E-state index in [1.54, 1.807) is 17.4 Å². The first-order valence-electron chi connectivity index (χ1n) is 5.83. The van der Waals surface area contributed by atoms with Crippen LogP contribution in [0.3, 0.4) is 0 Å². The highest BCUT2D eigenvalue weighted by atomic mass is 32.1. The Hall–Kier alpha value is -1.40. The molecule has 0 radical (unpaired) electrons. The first-order valence-corrected chi connectivity index (χ1v) is 6.71. The fourth-order valence-corrected chi connectivity index (χ4v) is 2.13. The molecule has 2 N–H and O–H groups in total. The van der Waals surface area contributed by atoms with Crippen LogP contribution in [0.15, 0.2) is 18.0 Å². The summed E-state index contributed by atoms with van der Waals surface area (Å²) in [4.78, 5) is 17.6. The molecule has 0 atom stereocenters. The third-order valence-corrected chi connectivity index (χ3v) is 3.15. The molecule has 0 bridgehead atoms. The van der Waals surface area contributed by atoms with Crippen LogP contribution in [0, 0.1) is 6.92 Å². The number of amides is 2. The Labute approximate surface area is 111 Å². The SMILES string of the molecule is C=CCN(CCO)C(=O)NCCc1csc(C)n1. The molecule has 0 saturated heterocycles. The first kappa shape index (κ1) is 14.7. The Balaban J connectivity index is 2.32. The van der Waals surface area contributed by atoms with E-state index in [1.165, 1.54) is 4.90 Å². The van der Waals surface area contributed by atoms with Crippen molar-refractivity contribution in [3.63, 3.8) is 0 Å². The number of nitrogens with one attached hydrogen (secondary N) is 1. The van der Waals surface area contributed by atoms with Crippen molar-refractivity contribution in [2.75, 3.05) is 26.2 Å². The highest BCUT2D eigenvalue weighted by Gasteiger charge is 2.10. The van der Waals surface area contributed by atoms with E-state index < -0.39 is 0 Å². The lowest BCUT2D eigenvalue weighted by atomic mass is 10.3. The van der Waals surface area contributed by atoms with Gasteiger partial charge in [0, 0.05) is 31.4 Å². The van der Waals surface area contributed by atoms with E-state index in [9.17, 15) is 4.79 Å². The molecule has 1 aromatic heterocycles. The summed E-state index contributed by atoms with van der Waals surface area (Å²) in [6.45, 7) is 6.78. The molecule has 2 amide bonds. The van der Waals surface area contributed by atoms with Gasteiger partial charge in [0.1, 0.15) is 0 Å². The maximum atomic E-state index is 11.8. The van der Waals surface area contributed by atoms with E-state index in [4.69, 9.17) is 5.11 Å². The number of hydrogen-bond donors (Lipinski definition) is 2. The van der Waals surface area contributed by atoms with E-state index in [0.717, 1.165) is 17.1 Å². The molecule has 5 nitrogen and oxygen atoms in total. The molecule has 1 aromatic rings. The summed E-state index contributed by atoms with van der Waals surface area (Å²) in [6.07, 6.45) is 2.36. The second-order valence-electron chi connectivity index (χ2n) is 3.80. The number of aliphatic hydroxyl groups is 1. The number of carbonyl (C=O) groups excluding carboxylic acids is 1. The number of urea groups is 1. The summed E-state index contributed by atoms with van der Waals surface area (Å²) >= 11 is 1.61. The predicted molar refractivity (Wildman–Crippen MR) is 72.8 cm³/mol. The molecule has 6 heteroatoms. The lowest BCUT2D eigenvalue weighted by molar-refractivity contribution is 0.184. The number of aromatic nitrogens is 1. The van der Waals surface area contributed by atoms with Gasteiger partial charge in [0.15, 0.2) is 0 Å². The standard InChI is InChI=1S/C12H19N3O2S/c1-3-6-15(7-8-16)12(17)13-5-4-11-9-18-10(2)14-11/h3,9,16H,1,4-8H2,2H3,(H,13,17). The van der Waals surface area contributed by atoms with Gasteiger partial charge in [-0.3, -0.25) is 0 Å². The summed E-state index contributed by atoms with van der Waals surface area (Å²) in [5.74, 6) is 0. The molecule has 100 valence electrons. The van der Waals surface area contributed by atoms with Crippen molar-refractivity contribution in [2.45, 2.75) is 13.3 Å². The van der Waals surface area contributed by atoms with Crippen molar-refractivity contribution in [2.24, 2.45) is 0 Å². The molecule has 1 heterocycles. The zero-order chi connectivity index (χ0) is 13.4. The molecule has 0 spiro atoms. The van der Waals surface area contributed by atoms with Gasteiger partial charge in [-0.2, -0.15) is 0 Å². The van der Waals surface area contributed by atoms with Crippen LogP contribution >= 0.6 is 11.3 Å². The highest BCUT2D eigenvalue weighted by Crippen LogP contribution is 2.07. The molecule has 18 heavy (non-hydrogen) atoms. The van der Waals surface area contributed by atoms with E-state index >= 15 is 0 Å². The summed E-state index contributed by atoms with van der Waals surface area (Å²) in [5, 5.41) is 14.7. The average molecular weight is 269 g/mol. The lowest BCUT2D eigenvalue weighted by Gasteiger charge is -2.20. The minimum absolute atomic E-state index is 0.0491. The molecular weight excluding hydrogens is 250 g/mol. The van der Waals surface area contributed by atoms with Crippen LogP contribution in [-0.2, 0) is 6.42 Å². The highest BCUT2D eigenvalue weighted by molar-refractivity contribution is 7.09. The van der Waals surface area contributed by atoms with Gasteiger partial charge in [-0.25, -0.2) is 9.78 Å². The van der Waals surface area contributed by atoms with Crippen LogP contribution in [0.4, 0.5) is 4.79 Å². The molecule has 0 saturated carbocycles. The molecule has 1 rings (SSSR count). The summed E-state index contributed by atoms with van der Waals surface area (Å²) < 4.78 is 0. The normalized spacial score (nSPS) is 10.1. The van der Waals surface area contributed by atoms with Gasteiger partial charge in [0.25, 0.3) is 0 Å². The molecule has 0 aliphatic rings. The van der Waals surface area contributed by atoms with Crippen LogP contribution in [-0.4, -0.2) is 47.3 Å². The Morgan fingerprint density at radius 3 is 3.06 bits per heavy atom. The second kappa shape index (κ2) is 7.84. The molecular formula is C12H19N3O2S. The zero-order valence-electron chi connectivity index (χ0n) is 10.6. The molecule has 0 aliphatic carbocycles. The van der Waals surface area contributed by atoms with Crippen LogP contribution in [0.1, 0.15) is 10.7 Å². The number of aryl methyl sites for hydroxylation is 1. The van der Waals surface area contributed by atoms with Gasteiger partial charge in [-0.1, -0.05) is 6.08 Å². The molecule has 0 aliphatic heterocycles. The number of thiazole rings is 1. The number of nitrogens with zero attached hydrogens (tertiary/aromatic N) is 2. The van der Waals surface area contributed by atoms with Gasteiger partial charge in [0.05, 0.1) is 17.3 Å². The number of carbonyl (C=O) groups is 1. The smallest absolute Gasteiger partial charge is 0.317 e. The van der Waals surface area contributed by atoms with Crippen molar-refractivity contribution in [3.8, 4) is 0 Å². The van der Waals surface area contributed by atoms with Crippen molar-refractivity contribution in [1.82, 2.24) is 15.2 Å². The van der Waals surface area contributed by atoms with E-state index in [1.807, 2.05) is 12.3 Å². The number of aliphatic hydroxyl groups excluding tert-OH is 1. The fraction of sp³-hybridized carbons (Fsp3) is 0.500. The van der Waals surface area contributed by atoms with Crippen LogP contribution in [0.5, 0.6) is 0 Å². The summed E-state index contributed by atoms with van der Waals surface area (Å²) in [5.41, 5.74) is 0.996. The van der Waals surface area contributed by atoms with E-state index in [-0.39, 0.29) is 12.6 Å². The van der Waals surface area contributed by atoms with Gasteiger partial charge in [-0.15, -0.1) is 17.9 Å². The minimum Gasteiger partial charge on any atom is -0.395 e. The summed E-state index contributed by atoms with van der Waals surface area (Å²) in [7, 11) is 0. The Kier molecular flexibility index (Phi) is 6.38. The van der Waals surface area contributed by atoms with Crippen molar-refractivity contribution >= 4 is 17.4 Å². The largest absolute Gasteiger partial charge is 0.395 e. The topological polar surface area (TPSA) is 65.5 Å². The van der Waals surface area contributed by atoms with Gasteiger partial charge in [0.2, 0.25) is 0 Å². The van der Waals surface area contributed by atoms with Gasteiger partial charge in [-0.05, 0) is 6.92 Å². The fourth-order valence-electron chi connectivity index (χ4n) is 1.48. The lowest BCUT2D eigenvalue weighted by Crippen LogP contribution is -2.42. The molecule has 0 fully saturated rings. The Morgan fingerprint density at radius 1 is 1.72 bits per heavy atom. The van der Waals surface area contributed by atoms with Crippen LogP contribution in [0.2, 0.25) is 0 Å². The third-order valence-electron chi connectivity index (χ3n) is 2.33. The van der Waals surface area contributed by atoms with E-state index in [2.05, 4.69) is 16.9 Å². The summed E-state index contributed by atoms with van der Waals surface area (Å²) in [6, 6.07) is -0.184. The minimum atomic E-state index is -0.184. The number of rotatable bonds is 7. The van der Waals surface area contributed by atoms with E-state index in [0.29, 0.717) is 19.6 Å². The third kappa shape index (κ3) is 4.85. The van der Waals surface area contributed by atoms with Crippen LogP contribution < -0.4 is 5.32 Å². The first-order chi connectivity index (χ1) is 8.67. The molecule has 0 aromatic carbocycles. The number of hydrogen-bond acceptors (Lipinski definition) is 4. The second-order valence-corrected chi connectivity index (χ2v) is 4.86. The van der Waals surface area contributed by atoms with Gasteiger partial charge < -0.3 is 15.3 Å². The maximum absolute atomic E-state index is 11.8. The zero-order valence-corrected chi connectivity index (χ0v) is 11.4. The molecule has 0 unspecified atom stereocenters. The predicted octanol–water partition coefficient (Wildman–Crippen LogP) is 1.18. The Morgan fingerprint density at radius 2 is 2.50 bits per heavy atom. The maximum Gasteiger partial charge on any atom is 0.317 e. The van der Waals surface area contributed by atoms with Crippen molar-refractivity contribution < 1.29 is 9.90 Å². The van der Waals surface area contributed by atoms with Crippen LogP contribution in [0.25, 0.3) is 0 Å². The Bertz CT molecular complexity index is 392. The van der Waals surface area contributed by atoms with Crippen molar-refractivity contribution in [3.05, 3.63) is 28.7 Å². The average Bonchev–Trinajstić information content (AvgIpc) is 2.75. The monoisotopic (exact) mass is 269 g/mol. The van der Waals surface area contributed by atoms with Gasteiger partial charge >= 0.3 is 6.03 Å².